The number of nitrogens with zero attached hydrogens (tertiary/aromatic N) is 1. The van der Waals surface area contributed by atoms with Crippen LogP contribution in [0.3, 0.4) is 0 Å². The van der Waals surface area contributed by atoms with Gasteiger partial charge in [0.05, 0.1) is 30.4 Å². The van der Waals surface area contributed by atoms with Crippen molar-refractivity contribution in [1.82, 2.24) is 4.98 Å². The van der Waals surface area contributed by atoms with Crippen LogP contribution in [0.15, 0.2) is 54.6 Å². The molecule has 38 heavy (non-hydrogen) atoms. The molecule has 1 N–H and O–H groups in total. The Morgan fingerprint density at radius 3 is 2.21 bits per heavy atom. The Balaban J connectivity index is 0.00000361. The van der Waals surface area contributed by atoms with Crippen molar-refractivity contribution in [2.45, 2.75) is 45.6 Å². The molecule has 0 fully saturated rings. The average Bonchev–Trinajstić information content (AvgIpc) is 2.81. The van der Waals surface area contributed by atoms with E-state index < -0.39 is 37.8 Å². The van der Waals surface area contributed by atoms with Gasteiger partial charge in [0, 0.05) is 29.7 Å². The maximum Gasteiger partial charge on any atom is 1.00 e. The van der Waals surface area contributed by atoms with E-state index in [0.29, 0.717) is 28.8 Å². The Morgan fingerprint density at radius 1 is 1.08 bits per heavy atom. The number of aromatic nitrogens is 1. The zero-order valence-electron chi connectivity index (χ0n) is 22.3. The average molecular weight is 553 g/mol. The van der Waals surface area contributed by atoms with Gasteiger partial charge in [0.25, 0.3) is 0 Å². The predicted octanol–water partition coefficient (Wildman–Crippen LogP) is -2.30. The maximum atomic E-state index is 13.8. The molecule has 2 atom stereocenters. The molecule has 1 heterocycles. The van der Waals surface area contributed by atoms with Crippen molar-refractivity contribution in [2.75, 3.05) is 6.16 Å². The quantitative estimate of drug-likeness (QED) is 0.191. The fraction of sp³-hybridized carbons (Fsp3) is 0.286. The second kappa shape index (κ2) is 15.5. The van der Waals surface area contributed by atoms with Crippen LogP contribution >= 0.6 is 7.37 Å². The number of aliphatic carboxylic acids is 1. The first-order valence-corrected chi connectivity index (χ1v) is 13.4. The van der Waals surface area contributed by atoms with Gasteiger partial charge in [-0.05, 0) is 41.3 Å². The van der Waals surface area contributed by atoms with Gasteiger partial charge in [0.15, 0.2) is 0 Å². The molecule has 0 amide bonds. The monoisotopic (exact) mass is 553 g/mol. The van der Waals surface area contributed by atoms with Crippen LogP contribution < -0.4 is 69.1 Å². The summed E-state index contributed by atoms with van der Waals surface area (Å²) in [4.78, 5) is 28.2. The molecule has 0 radical (unpaired) electrons. The van der Waals surface area contributed by atoms with E-state index in [2.05, 4.69) is 11.6 Å². The molecule has 3 rings (SSSR count). The van der Waals surface area contributed by atoms with Crippen LogP contribution in [0.1, 0.15) is 49.9 Å². The summed E-state index contributed by atoms with van der Waals surface area (Å²) >= 11 is 0. The minimum absolute atomic E-state index is 0. The van der Waals surface area contributed by atoms with E-state index in [0.717, 1.165) is 16.8 Å². The molecule has 6 nitrogen and oxygen atoms in total. The number of aliphatic hydroxyl groups excluding tert-OH is 1. The molecule has 0 bridgehead atoms. The number of carbonyl (C=O) groups excluding carboxylic acids is 1. The number of aliphatic hydroxyl groups is 1. The molecule has 0 aliphatic rings. The Morgan fingerprint density at radius 2 is 1.68 bits per heavy atom. The summed E-state index contributed by atoms with van der Waals surface area (Å²) in [5.41, 5.74) is 7.03. The van der Waals surface area contributed by atoms with Gasteiger partial charge in [-0.25, -0.2) is 4.39 Å². The Hall–Kier alpha value is -1.30. The van der Waals surface area contributed by atoms with Crippen LogP contribution in [0.4, 0.5) is 4.39 Å². The molecule has 0 spiro atoms. The normalized spacial score (nSPS) is 12.8. The summed E-state index contributed by atoms with van der Waals surface area (Å²) < 4.78 is 26.4. The first-order chi connectivity index (χ1) is 17.0. The Kier molecular flexibility index (Phi) is 14.1. The Bertz CT molecular complexity index is 1360. The topological polar surface area (TPSA) is 113 Å². The minimum atomic E-state index is -4.47. The fourth-order valence-corrected chi connectivity index (χ4v) is 5.08. The van der Waals surface area contributed by atoms with E-state index in [4.69, 9.17) is 4.98 Å². The van der Waals surface area contributed by atoms with Gasteiger partial charge in [-0.1, -0.05) is 69.2 Å². The number of halogens is 1. The third-order valence-corrected chi connectivity index (χ3v) is 6.97. The van der Waals surface area contributed by atoms with Crippen LogP contribution in [-0.4, -0.2) is 28.3 Å². The number of carboxylic acid groups (broad SMARTS) is 1. The zero-order valence-corrected chi connectivity index (χ0v) is 27.2. The van der Waals surface area contributed by atoms with Gasteiger partial charge in [0.1, 0.15) is 5.82 Å². The number of pyridine rings is 1. The molecule has 1 aromatic heterocycles. The summed E-state index contributed by atoms with van der Waals surface area (Å²) in [6.45, 7) is 5.79. The molecule has 0 aliphatic heterocycles. The molecule has 0 aliphatic carbocycles. The maximum absolute atomic E-state index is 13.8. The van der Waals surface area contributed by atoms with Crippen LogP contribution in [0.5, 0.6) is 0 Å². The van der Waals surface area contributed by atoms with E-state index in [1.54, 1.807) is 12.1 Å². The molecule has 2 aromatic carbocycles. The second-order valence-electron chi connectivity index (χ2n) is 8.78. The van der Waals surface area contributed by atoms with Crippen molar-refractivity contribution in [3.63, 3.8) is 0 Å². The SMILES string of the molecule is CCc1c(-c2ccccc2)nc(C(C)C)c(C#CP(=O)([O-])C[C@H](O)CC(=O)[O-])c1-c1ccc(F)cc1.[Na+].[Na+]. The van der Waals surface area contributed by atoms with Crippen LogP contribution in [0.2, 0.25) is 0 Å². The second-order valence-corrected chi connectivity index (χ2v) is 10.7. The number of hydrogen-bond donors (Lipinski definition) is 1. The predicted molar refractivity (Wildman–Crippen MR) is 134 cm³/mol. The number of benzene rings is 2. The van der Waals surface area contributed by atoms with Gasteiger partial charge < -0.3 is 24.5 Å². The van der Waals surface area contributed by atoms with Gasteiger partial charge in [-0.2, -0.15) is 0 Å². The van der Waals surface area contributed by atoms with E-state index in [-0.39, 0.29) is 65.0 Å². The number of carboxylic acids is 1. The summed E-state index contributed by atoms with van der Waals surface area (Å²) in [7, 11) is -4.47. The largest absolute Gasteiger partial charge is 1.00 e. The fourth-order valence-electron chi connectivity index (χ4n) is 4.02. The van der Waals surface area contributed by atoms with E-state index in [1.807, 2.05) is 51.1 Å². The summed E-state index contributed by atoms with van der Waals surface area (Å²) in [6.07, 6.45) is -2.69. The molecule has 1 unspecified atom stereocenters. The van der Waals surface area contributed by atoms with Crippen molar-refractivity contribution in [2.24, 2.45) is 0 Å². The van der Waals surface area contributed by atoms with Crippen LogP contribution in [-0.2, 0) is 15.8 Å². The molecule has 0 saturated carbocycles. The van der Waals surface area contributed by atoms with Crippen molar-refractivity contribution in [3.05, 3.63) is 77.2 Å². The zero-order chi connectivity index (χ0) is 26.5. The number of rotatable bonds is 8. The number of hydrogen-bond acceptors (Lipinski definition) is 6. The summed E-state index contributed by atoms with van der Waals surface area (Å²) in [5, 5.41) is 20.5. The molecular formula is C28H27FNNa2O5P. The number of carbonyl (C=O) groups is 1. The van der Waals surface area contributed by atoms with Crippen molar-refractivity contribution < 1.29 is 88.0 Å². The minimum Gasteiger partial charge on any atom is -0.790 e. The molecular weight excluding hydrogens is 526 g/mol. The van der Waals surface area contributed by atoms with E-state index in [9.17, 15) is 28.9 Å². The third kappa shape index (κ3) is 9.13. The van der Waals surface area contributed by atoms with Crippen LogP contribution in [0, 0.1) is 17.4 Å². The van der Waals surface area contributed by atoms with Gasteiger partial charge in [-0.15, -0.1) is 0 Å². The molecule has 10 heteroatoms. The summed E-state index contributed by atoms with van der Waals surface area (Å²) in [6, 6.07) is 15.5. The summed E-state index contributed by atoms with van der Waals surface area (Å²) in [5.74, 6) is 0.687. The Labute approximate surface area is 267 Å². The van der Waals surface area contributed by atoms with Crippen molar-refractivity contribution in [1.29, 1.82) is 0 Å². The van der Waals surface area contributed by atoms with E-state index in [1.165, 1.54) is 12.1 Å². The molecule has 188 valence electrons. The van der Waals surface area contributed by atoms with Crippen molar-refractivity contribution in [3.8, 4) is 34.0 Å². The third-order valence-electron chi connectivity index (χ3n) is 5.61. The molecule has 0 saturated heterocycles. The van der Waals surface area contributed by atoms with Crippen molar-refractivity contribution >= 4 is 13.3 Å². The van der Waals surface area contributed by atoms with E-state index >= 15 is 0 Å². The van der Waals surface area contributed by atoms with Gasteiger partial charge >= 0.3 is 59.1 Å². The van der Waals surface area contributed by atoms with Gasteiger partial charge in [-0.3, -0.25) is 4.98 Å². The first-order valence-electron chi connectivity index (χ1n) is 11.6. The van der Waals surface area contributed by atoms with Gasteiger partial charge in [0.2, 0.25) is 0 Å². The first kappa shape index (κ1) is 34.7. The smallest absolute Gasteiger partial charge is 0.790 e. The van der Waals surface area contributed by atoms with Crippen LogP contribution in [0.25, 0.3) is 22.4 Å². The molecule has 3 aromatic rings. The standard InChI is InChI=1S/C28H29FNO5P.2Na/c1-4-23-26(19-10-12-21(29)13-11-19)24(14-15-36(34,35)17-22(31)16-25(32)33)27(18(2)3)30-28(23)20-8-6-5-7-9-20;;/h5-13,18,22,31H,4,16-17H2,1-3H3,(H,32,33)(H,34,35);;/q;2*+1/p-2/t22-;;/m1../s1.